The Morgan fingerprint density at radius 1 is 0.814 bits per heavy atom. The lowest BCUT2D eigenvalue weighted by molar-refractivity contribution is -0.132. The quantitative estimate of drug-likeness (QED) is 0.0726. The van der Waals surface area contributed by atoms with Crippen molar-refractivity contribution in [2.24, 2.45) is 27.9 Å². The standard InChI is InChI=1S/C31H39N9O3/c32-27(33)22-13-10-21(11-14-22)18-24(23-8-4-16-37-19-23)29(42)40-26(15-12-20-6-2-1-3-7-20)30(43)39-25(28(34)41)9-5-17-38-31(35)36/h1-4,6-8,10-11,13-14,16,19,24-26H,5,9,12,15,17-18H2,(H3,32,33)(H2,34,41)(H,39,43)(H,40,42)(H4,35,36,38)/t24-,25?,26-/m0/s1. The summed E-state index contributed by atoms with van der Waals surface area (Å²) in [6, 6.07) is 18.3. The average molecular weight is 586 g/mol. The molecule has 12 nitrogen and oxygen atoms in total. The number of rotatable bonds is 16. The first kappa shape index (κ1) is 32.3. The van der Waals surface area contributed by atoms with Gasteiger partial charge in [-0.05, 0) is 54.9 Å². The Balaban J connectivity index is 1.82. The van der Waals surface area contributed by atoms with E-state index in [1.807, 2.05) is 42.5 Å². The SMILES string of the molecule is N=C(N)c1ccc(C[C@H](C(=O)N[C@@H](CCc2ccccc2)C(=O)NC(CCCN=C(N)N)C(N)=O)c2cccnc2)cc1. The van der Waals surface area contributed by atoms with Gasteiger partial charge in [-0.1, -0.05) is 60.7 Å². The number of carbonyl (C=O) groups excluding carboxylic acids is 3. The van der Waals surface area contributed by atoms with Crippen LogP contribution in [0, 0.1) is 5.41 Å². The third-order valence-corrected chi connectivity index (χ3v) is 6.91. The number of benzene rings is 2. The number of nitrogens with zero attached hydrogens (tertiary/aromatic N) is 2. The summed E-state index contributed by atoms with van der Waals surface area (Å²) in [6.45, 7) is 0.274. The summed E-state index contributed by atoms with van der Waals surface area (Å²) < 4.78 is 0. The summed E-state index contributed by atoms with van der Waals surface area (Å²) in [5.41, 5.74) is 25.0. The lowest BCUT2D eigenvalue weighted by Gasteiger charge is -2.25. The van der Waals surface area contributed by atoms with Crippen LogP contribution in [-0.2, 0) is 27.2 Å². The number of primary amides is 1. The van der Waals surface area contributed by atoms with Crippen molar-refractivity contribution in [3.63, 3.8) is 0 Å². The minimum atomic E-state index is -0.966. The minimum Gasteiger partial charge on any atom is -0.384 e. The van der Waals surface area contributed by atoms with Crippen LogP contribution in [0.1, 0.15) is 47.4 Å². The predicted octanol–water partition coefficient (Wildman–Crippen LogP) is 0.833. The molecule has 0 spiro atoms. The van der Waals surface area contributed by atoms with Crippen molar-refractivity contribution >= 4 is 29.5 Å². The van der Waals surface area contributed by atoms with E-state index in [9.17, 15) is 14.4 Å². The van der Waals surface area contributed by atoms with E-state index in [-0.39, 0.29) is 37.1 Å². The summed E-state index contributed by atoms with van der Waals surface area (Å²) in [7, 11) is 0. The fourth-order valence-electron chi connectivity index (χ4n) is 4.56. The molecule has 43 heavy (non-hydrogen) atoms. The first-order valence-corrected chi connectivity index (χ1v) is 14.0. The highest BCUT2D eigenvalue weighted by Gasteiger charge is 2.29. The third-order valence-electron chi connectivity index (χ3n) is 6.91. The predicted molar refractivity (Wildman–Crippen MR) is 166 cm³/mol. The molecule has 3 aromatic rings. The van der Waals surface area contributed by atoms with Crippen LogP contribution in [0.15, 0.2) is 84.1 Å². The Hall–Kier alpha value is -5.26. The molecular formula is C31H39N9O3. The van der Waals surface area contributed by atoms with Gasteiger partial charge in [0.25, 0.3) is 0 Å². The zero-order valence-electron chi connectivity index (χ0n) is 23.9. The minimum absolute atomic E-state index is 0.0501. The van der Waals surface area contributed by atoms with E-state index in [4.69, 9.17) is 28.3 Å². The number of nitrogens with two attached hydrogens (primary N) is 4. The molecule has 0 radical (unpaired) electrons. The molecule has 11 N–H and O–H groups in total. The molecule has 0 saturated heterocycles. The number of amides is 3. The van der Waals surface area contributed by atoms with Gasteiger partial charge in [0.1, 0.15) is 17.9 Å². The lowest BCUT2D eigenvalue weighted by atomic mass is 9.91. The molecule has 0 aliphatic rings. The first-order chi connectivity index (χ1) is 20.6. The highest BCUT2D eigenvalue weighted by atomic mass is 16.2. The molecule has 3 rings (SSSR count). The fraction of sp³-hybridized carbons (Fsp3) is 0.290. The van der Waals surface area contributed by atoms with E-state index in [2.05, 4.69) is 20.6 Å². The highest BCUT2D eigenvalue weighted by Crippen LogP contribution is 2.22. The molecule has 1 heterocycles. The van der Waals surface area contributed by atoms with Gasteiger partial charge in [-0.25, -0.2) is 0 Å². The number of nitrogen functional groups attached to an aromatic ring is 1. The van der Waals surface area contributed by atoms with Crippen molar-refractivity contribution in [3.05, 3.63) is 101 Å². The van der Waals surface area contributed by atoms with Gasteiger partial charge in [0.15, 0.2) is 5.96 Å². The summed E-state index contributed by atoms with van der Waals surface area (Å²) in [5, 5.41) is 13.3. The Morgan fingerprint density at radius 3 is 2.12 bits per heavy atom. The number of aliphatic imine (C=N–C) groups is 1. The Bertz CT molecular complexity index is 1390. The van der Waals surface area contributed by atoms with E-state index in [0.717, 1.165) is 11.1 Å². The molecule has 2 aromatic carbocycles. The largest absolute Gasteiger partial charge is 0.384 e. The Kier molecular flexibility index (Phi) is 12.2. The van der Waals surface area contributed by atoms with Crippen LogP contribution < -0.4 is 33.6 Å². The first-order valence-electron chi connectivity index (χ1n) is 14.0. The maximum absolute atomic E-state index is 13.8. The monoisotopic (exact) mass is 585 g/mol. The normalized spacial score (nSPS) is 12.7. The van der Waals surface area contributed by atoms with Gasteiger partial charge in [-0.3, -0.25) is 29.8 Å². The van der Waals surface area contributed by atoms with E-state index < -0.39 is 29.8 Å². The van der Waals surface area contributed by atoms with Crippen molar-refractivity contribution in [3.8, 4) is 0 Å². The van der Waals surface area contributed by atoms with Crippen LogP contribution >= 0.6 is 0 Å². The van der Waals surface area contributed by atoms with Gasteiger partial charge in [-0.2, -0.15) is 0 Å². The summed E-state index contributed by atoms with van der Waals surface area (Å²) >= 11 is 0. The molecule has 0 aliphatic heterocycles. The zero-order chi connectivity index (χ0) is 31.2. The molecule has 1 aromatic heterocycles. The van der Waals surface area contributed by atoms with Crippen LogP contribution in [0.3, 0.4) is 0 Å². The van der Waals surface area contributed by atoms with E-state index in [0.29, 0.717) is 30.4 Å². The van der Waals surface area contributed by atoms with Gasteiger partial charge in [-0.15, -0.1) is 0 Å². The second-order valence-corrected chi connectivity index (χ2v) is 10.2. The van der Waals surface area contributed by atoms with Crippen molar-refractivity contribution in [2.45, 2.75) is 50.1 Å². The van der Waals surface area contributed by atoms with Crippen LogP contribution in [0.5, 0.6) is 0 Å². The maximum Gasteiger partial charge on any atom is 0.243 e. The molecule has 3 atom stereocenters. The average Bonchev–Trinajstić information content (AvgIpc) is 3.00. The molecule has 0 aliphatic carbocycles. The maximum atomic E-state index is 13.8. The molecular weight excluding hydrogens is 546 g/mol. The Morgan fingerprint density at radius 2 is 1.51 bits per heavy atom. The molecule has 12 heteroatoms. The van der Waals surface area contributed by atoms with Crippen molar-refractivity contribution in [1.29, 1.82) is 5.41 Å². The van der Waals surface area contributed by atoms with E-state index >= 15 is 0 Å². The zero-order valence-corrected chi connectivity index (χ0v) is 23.9. The molecule has 0 bridgehead atoms. The number of guanidine groups is 1. The van der Waals surface area contributed by atoms with Crippen LogP contribution in [0.25, 0.3) is 0 Å². The summed E-state index contributed by atoms with van der Waals surface area (Å²) in [4.78, 5) is 47.6. The van der Waals surface area contributed by atoms with Gasteiger partial charge < -0.3 is 33.6 Å². The van der Waals surface area contributed by atoms with Gasteiger partial charge in [0.05, 0.1) is 5.92 Å². The molecule has 3 amide bonds. The smallest absolute Gasteiger partial charge is 0.243 e. The number of hydrogen-bond acceptors (Lipinski definition) is 6. The number of amidine groups is 1. The lowest BCUT2D eigenvalue weighted by Crippen LogP contribution is -2.53. The van der Waals surface area contributed by atoms with Gasteiger partial charge in [0.2, 0.25) is 17.7 Å². The van der Waals surface area contributed by atoms with E-state index in [1.165, 1.54) is 0 Å². The van der Waals surface area contributed by atoms with Gasteiger partial charge >= 0.3 is 0 Å². The fourth-order valence-corrected chi connectivity index (χ4v) is 4.56. The summed E-state index contributed by atoms with van der Waals surface area (Å²) in [6.07, 6.45) is 4.99. The number of aromatic nitrogens is 1. The number of aryl methyl sites for hydroxylation is 1. The summed E-state index contributed by atoms with van der Waals surface area (Å²) in [5.74, 6) is -2.39. The van der Waals surface area contributed by atoms with Crippen molar-refractivity contribution in [2.75, 3.05) is 6.54 Å². The second kappa shape index (κ2) is 16.2. The van der Waals surface area contributed by atoms with Gasteiger partial charge in [0, 0.05) is 24.5 Å². The topological polar surface area (TPSA) is 228 Å². The molecule has 0 fully saturated rings. The number of carbonyl (C=O) groups is 3. The third kappa shape index (κ3) is 10.6. The van der Waals surface area contributed by atoms with Crippen molar-refractivity contribution in [1.82, 2.24) is 15.6 Å². The Labute approximate surface area is 250 Å². The highest BCUT2D eigenvalue weighted by molar-refractivity contribution is 5.95. The molecule has 1 unspecified atom stereocenters. The number of nitrogens with one attached hydrogen (secondary N) is 3. The second-order valence-electron chi connectivity index (χ2n) is 10.2. The number of pyridine rings is 1. The number of hydrogen-bond donors (Lipinski definition) is 7. The molecule has 226 valence electrons. The van der Waals surface area contributed by atoms with Crippen LogP contribution in [0.4, 0.5) is 0 Å². The van der Waals surface area contributed by atoms with E-state index in [1.54, 1.807) is 36.7 Å². The van der Waals surface area contributed by atoms with Crippen LogP contribution in [0.2, 0.25) is 0 Å². The molecule has 0 saturated carbocycles. The van der Waals surface area contributed by atoms with Crippen molar-refractivity contribution < 1.29 is 14.4 Å². The van der Waals surface area contributed by atoms with Crippen LogP contribution in [-0.4, -0.2) is 53.1 Å².